The number of aliphatic hydroxyl groups is 1. The van der Waals surface area contributed by atoms with Gasteiger partial charge in [0.1, 0.15) is 5.78 Å². The van der Waals surface area contributed by atoms with E-state index >= 15 is 0 Å². The highest BCUT2D eigenvalue weighted by Crippen LogP contribution is 2.62. The maximum absolute atomic E-state index is 12.6. The molecule has 0 bridgehead atoms. The first-order valence-electron chi connectivity index (χ1n) is 13.2. The average Bonchev–Trinajstić information content (AvgIpc) is 2.72. The van der Waals surface area contributed by atoms with Gasteiger partial charge in [-0.05, 0) is 103 Å². The quantitative estimate of drug-likeness (QED) is 0.256. The van der Waals surface area contributed by atoms with E-state index in [1.165, 1.54) is 11.1 Å². The fraction of sp³-hybridized carbons (Fsp3) is 0.733. The van der Waals surface area contributed by atoms with Crippen molar-refractivity contribution in [2.45, 2.75) is 118 Å². The molecule has 2 saturated carbocycles. The average molecular weight is 473 g/mol. The number of carboxylic acid groups (broad SMARTS) is 1. The van der Waals surface area contributed by atoms with Crippen molar-refractivity contribution in [2.75, 3.05) is 0 Å². The summed E-state index contributed by atoms with van der Waals surface area (Å²) in [4.78, 5) is 23.5. The van der Waals surface area contributed by atoms with E-state index in [1.54, 1.807) is 13.0 Å². The summed E-state index contributed by atoms with van der Waals surface area (Å²) in [6.45, 7) is 14.5. The summed E-state index contributed by atoms with van der Waals surface area (Å²) in [6.07, 6.45) is 15.2. The number of ketones is 1. The molecule has 4 atom stereocenters. The van der Waals surface area contributed by atoms with Gasteiger partial charge >= 0.3 is 5.97 Å². The Hall–Kier alpha value is -1.68. The summed E-state index contributed by atoms with van der Waals surface area (Å²) in [7, 11) is 0. The van der Waals surface area contributed by atoms with Crippen molar-refractivity contribution in [2.24, 2.45) is 22.7 Å². The Morgan fingerprint density at radius 2 is 1.50 bits per heavy atom. The van der Waals surface area contributed by atoms with E-state index in [4.69, 9.17) is 5.11 Å². The van der Waals surface area contributed by atoms with Gasteiger partial charge in [-0.2, -0.15) is 0 Å². The van der Waals surface area contributed by atoms with Crippen LogP contribution in [0.15, 0.2) is 34.9 Å². The minimum absolute atomic E-state index is 0.00813. The number of aliphatic carboxylic acids is 1. The van der Waals surface area contributed by atoms with E-state index in [9.17, 15) is 14.7 Å². The molecule has 2 N–H and O–H groups in total. The zero-order valence-electron chi connectivity index (χ0n) is 22.7. The zero-order chi connectivity index (χ0) is 25.7. The SMILES string of the molecule is C/C(=C\CC/C(C)=C/CC[C@H]1[C@](C)(O)CCC2C(C)(C)C(=O)CC[C@]21C)CC/C=C(\C)C(=O)O. The van der Waals surface area contributed by atoms with Gasteiger partial charge in [-0.15, -0.1) is 0 Å². The minimum atomic E-state index is -0.845. The van der Waals surface area contributed by atoms with Gasteiger partial charge in [0, 0.05) is 17.4 Å². The molecule has 0 aromatic carbocycles. The van der Waals surface area contributed by atoms with Crippen molar-refractivity contribution in [3.05, 3.63) is 34.9 Å². The van der Waals surface area contributed by atoms with Crippen LogP contribution in [-0.4, -0.2) is 27.6 Å². The standard InChI is InChI=1S/C30H48O4/c1-21(13-9-15-23(3)27(32)33)11-8-12-22(2)14-10-16-25-29(6)19-18-26(31)28(4,5)24(29)17-20-30(25,7)34/h11,14-15,24-25,34H,8-10,12-13,16-20H2,1-7H3,(H,32,33)/b21-11+,22-14+,23-15+/t24?,25-,29-,30-/m1/s1. The van der Waals surface area contributed by atoms with E-state index in [0.29, 0.717) is 23.7 Å². The second kappa shape index (κ2) is 11.4. The third-order valence-corrected chi connectivity index (χ3v) is 9.07. The van der Waals surface area contributed by atoms with Crippen LogP contribution in [0.1, 0.15) is 113 Å². The van der Waals surface area contributed by atoms with Crippen LogP contribution in [-0.2, 0) is 9.59 Å². The molecule has 34 heavy (non-hydrogen) atoms. The van der Waals surface area contributed by atoms with Crippen molar-refractivity contribution in [3.8, 4) is 0 Å². The molecule has 0 spiro atoms. The summed E-state index contributed by atoms with van der Waals surface area (Å²) >= 11 is 0. The second-order valence-corrected chi connectivity index (χ2v) is 12.1. The molecule has 0 saturated heterocycles. The lowest BCUT2D eigenvalue weighted by Gasteiger charge is -2.60. The van der Waals surface area contributed by atoms with Crippen molar-refractivity contribution in [1.82, 2.24) is 0 Å². The second-order valence-electron chi connectivity index (χ2n) is 12.1. The largest absolute Gasteiger partial charge is 0.478 e. The lowest BCUT2D eigenvalue weighted by atomic mass is 9.45. The lowest BCUT2D eigenvalue weighted by Crippen LogP contribution is -2.59. The molecule has 0 amide bonds. The van der Waals surface area contributed by atoms with Gasteiger partial charge in [0.25, 0.3) is 0 Å². The molecule has 0 aliphatic heterocycles. The van der Waals surface area contributed by atoms with Crippen LogP contribution in [0.25, 0.3) is 0 Å². The van der Waals surface area contributed by atoms with E-state index in [-0.39, 0.29) is 16.7 Å². The summed E-state index contributed by atoms with van der Waals surface area (Å²) in [6, 6.07) is 0. The Labute approximate surface area is 207 Å². The molecule has 4 nitrogen and oxygen atoms in total. The number of rotatable bonds is 10. The van der Waals surface area contributed by atoms with Gasteiger partial charge in [0.15, 0.2) is 0 Å². The van der Waals surface area contributed by atoms with Gasteiger partial charge in [-0.1, -0.05) is 50.1 Å². The van der Waals surface area contributed by atoms with Crippen LogP contribution in [0.5, 0.6) is 0 Å². The molecule has 2 aliphatic carbocycles. The summed E-state index contributed by atoms with van der Waals surface area (Å²) in [5.41, 5.74) is 2.13. The normalized spacial score (nSPS) is 32.5. The van der Waals surface area contributed by atoms with E-state index in [1.807, 2.05) is 6.92 Å². The van der Waals surface area contributed by atoms with Gasteiger partial charge in [-0.25, -0.2) is 4.79 Å². The third-order valence-electron chi connectivity index (χ3n) is 9.07. The molecule has 2 rings (SSSR count). The maximum atomic E-state index is 12.6. The van der Waals surface area contributed by atoms with Crippen molar-refractivity contribution >= 4 is 11.8 Å². The van der Waals surface area contributed by atoms with Crippen molar-refractivity contribution < 1.29 is 19.8 Å². The molecule has 4 heteroatoms. The highest BCUT2D eigenvalue weighted by Gasteiger charge is 2.59. The molecule has 0 radical (unpaired) electrons. The fourth-order valence-electron chi connectivity index (χ4n) is 6.82. The molecule has 0 aromatic rings. The topological polar surface area (TPSA) is 74.6 Å². The van der Waals surface area contributed by atoms with Gasteiger partial charge in [0.05, 0.1) is 5.60 Å². The Kier molecular flexibility index (Phi) is 9.55. The van der Waals surface area contributed by atoms with Crippen LogP contribution in [0.3, 0.4) is 0 Å². The zero-order valence-corrected chi connectivity index (χ0v) is 22.7. The Balaban J connectivity index is 1.92. The fourth-order valence-corrected chi connectivity index (χ4v) is 6.82. The number of fused-ring (bicyclic) bond motifs is 1. The van der Waals surface area contributed by atoms with E-state index in [2.05, 4.69) is 46.8 Å². The number of carboxylic acids is 1. The molecule has 2 aliphatic rings. The first-order chi connectivity index (χ1) is 15.7. The van der Waals surface area contributed by atoms with Crippen LogP contribution in [0, 0.1) is 22.7 Å². The van der Waals surface area contributed by atoms with E-state index in [0.717, 1.165) is 57.8 Å². The molecule has 1 unspecified atom stereocenters. The summed E-state index contributed by atoms with van der Waals surface area (Å²) < 4.78 is 0. The minimum Gasteiger partial charge on any atom is -0.478 e. The van der Waals surface area contributed by atoms with Gasteiger partial charge < -0.3 is 10.2 Å². The monoisotopic (exact) mass is 472 g/mol. The molecule has 0 aromatic heterocycles. The number of carbonyl (C=O) groups excluding carboxylic acids is 1. The Morgan fingerprint density at radius 3 is 2.09 bits per heavy atom. The predicted molar refractivity (Wildman–Crippen MR) is 140 cm³/mol. The number of hydrogen-bond acceptors (Lipinski definition) is 3. The number of allylic oxidation sites excluding steroid dienone is 5. The predicted octanol–water partition coefficient (Wildman–Crippen LogP) is 7.42. The van der Waals surface area contributed by atoms with Gasteiger partial charge in [0.2, 0.25) is 0 Å². The first kappa shape index (κ1) is 28.6. The molecule has 2 fully saturated rings. The molecule has 192 valence electrons. The number of hydrogen-bond donors (Lipinski definition) is 2. The highest BCUT2D eigenvalue weighted by atomic mass is 16.4. The third kappa shape index (κ3) is 6.71. The molecule has 0 heterocycles. The summed E-state index contributed by atoms with van der Waals surface area (Å²) in [5, 5.41) is 20.2. The smallest absolute Gasteiger partial charge is 0.330 e. The molecular weight excluding hydrogens is 424 g/mol. The summed E-state index contributed by atoms with van der Waals surface area (Å²) in [5.74, 6) is 0.100. The number of carbonyl (C=O) groups is 2. The first-order valence-corrected chi connectivity index (χ1v) is 13.2. The number of Topliss-reactive ketones (excluding diaryl/α,β-unsaturated/α-hetero) is 1. The van der Waals surface area contributed by atoms with Gasteiger partial charge in [-0.3, -0.25) is 4.79 Å². The highest BCUT2D eigenvalue weighted by molar-refractivity contribution is 5.86. The van der Waals surface area contributed by atoms with Crippen LogP contribution in [0.4, 0.5) is 0 Å². The van der Waals surface area contributed by atoms with Crippen LogP contribution >= 0.6 is 0 Å². The lowest BCUT2D eigenvalue weighted by molar-refractivity contribution is -0.177. The molecular formula is C30H48O4. The Morgan fingerprint density at radius 1 is 0.941 bits per heavy atom. The van der Waals surface area contributed by atoms with Crippen molar-refractivity contribution in [1.29, 1.82) is 0 Å². The van der Waals surface area contributed by atoms with Crippen LogP contribution in [0.2, 0.25) is 0 Å². The van der Waals surface area contributed by atoms with E-state index < -0.39 is 11.6 Å². The Bertz CT molecular complexity index is 842. The maximum Gasteiger partial charge on any atom is 0.330 e. The van der Waals surface area contributed by atoms with Crippen molar-refractivity contribution in [3.63, 3.8) is 0 Å². The van der Waals surface area contributed by atoms with Crippen LogP contribution < -0.4 is 0 Å².